The quantitative estimate of drug-likeness (QED) is 0.847. The summed E-state index contributed by atoms with van der Waals surface area (Å²) in [6.45, 7) is 1.46. The lowest BCUT2D eigenvalue weighted by molar-refractivity contribution is 0.301. The van der Waals surface area contributed by atoms with E-state index in [-0.39, 0.29) is 6.61 Å². The lowest BCUT2D eigenvalue weighted by atomic mass is 10.2. The average Bonchev–Trinajstić information content (AvgIpc) is 2.81. The van der Waals surface area contributed by atoms with Crippen molar-refractivity contribution in [3.05, 3.63) is 45.9 Å². The molecule has 0 saturated heterocycles. The molecule has 0 unspecified atom stereocenters. The molecule has 0 atom stereocenters. The first-order chi connectivity index (χ1) is 8.29. The maximum atomic E-state index is 9.11. The van der Waals surface area contributed by atoms with Crippen LogP contribution in [-0.2, 0) is 6.54 Å². The minimum atomic E-state index is 0.115. The molecule has 0 bridgehead atoms. The molecule has 1 N–H and O–H groups in total. The minimum Gasteiger partial charge on any atom is -0.395 e. The van der Waals surface area contributed by atoms with E-state index >= 15 is 0 Å². The zero-order chi connectivity index (χ0) is 12.1. The van der Waals surface area contributed by atoms with Gasteiger partial charge < -0.3 is 10.0 Å². The fraction of sp³-hybridized carbons (Fsp3) is 0.250. The van der Waals surface area contributed by atoms with E-state index in [9.17, 15) is 0 Å². The summed E-state index contributed by atoms with van der Waals surface area (Å²) in [7, 11) is 0. The van der Waals surface area contributed by atoms with Crippen LogP contribution < -0.4 is 4.90 Å². The monoisotopic (exact) mass is 268 g/mol. The number of rotatable bonds is 5. The molecule has 0 radical (unpaired) electrons. The van der Waals surface area contributed by atoms with E-state index in [1.165, 1.54) is 5.56 Å². The molecule has 90 valence electrons. The van der Waals surface area contributed by atoms with Crippen molar-refractivity contribution in [2.75, 3.05) is 18.1 Å². The van der Waals surface area contributed by atoms with E-state index in [0.717, 1.165) is 12.2 Å². The predicted octanol–water partition coefficient (Wildman–Crippen LogP) is 2.80. The SMILES string of the molecule is OCCN(Cc1ccsc1)c1ccnc(Cl)c1. The van der Waals surface area contributed by atoms with E-state index < -0.39 is 0 Å². The molecule has 2 rings (SSSR count). The Morgan fingerprint density at radius 2 is 2.29 bits per heavy atom. The lowest BCUT2D eigenvalue weighted by Gasteiger charge is -2.23. The highest BCUT2D eigenvalue weighted by Gasteiger charge is 2.07. The Hall–Kier alpha value is -1.10. The second-order valence-corrected chi connectivity index (χ2v) is 4.78. The molecule has 17 heavy (non-hydrogen) atoms. The van der Waals surface area contributed by atoms with E-state index in [1.807, 2.05) is 17.5 Å². The van der Waals surface area contributed by atoms with Crippen LogP contribution in [0.15, 0.2) is 35.2 Å². The molecule has 0 spiro atoms. The number of nitrogens with zero attached hydrogens (tertiary/aromatic N) is 2. The van der Waals surface area contributed by atoms with Gasteiger partial charge in [-0.05, 0) is 34.5 Å². The third-order valence-corrected chi connectivity index (χ3v) is 3.34. The Morgan fingerprint density at radius 1 is 1.41 bits per heavy atom. The number of hydrogen-bond donors (Lipinski definition) is 1. The van der Waals surface area contributed by atoms with E-state index in [1.54, 1.807) is 17.5 Å². The Labute approximate surface area is 109 Å². The van der Waals surface area contributed by atoms with Crippen LogP contribution in [-0.4, -0.2) is 23.2 Å². The van der Waals surface area contributed by atoms with E-state index in [4.69, 9.17) is 16.7 Å². The summed E-state index contributed by atoms with van der Waals surface area (Å²) < 4.78 is 0. The number of anilines is 1. The predicted molar refractivity (Wildman–Crippen MR) is 71.7 cm³/mol. The van der Waals surface area contributed by atoms with Crippen LogP contribution in [0.3, 0.4) is 0 Å². The first-order valence-corrected chi connectivity index (χ1v) is 6.60. The number of aliphatic hydroxyl groups is 1. The van der Waals surface area contributed by atoms with Gasteiger partial charge in [0, 0.05) is 25.0 Å². The first kappa shape index (κ1) is 12.4. The highest BCUT2D eigenvalue weighted by molar-refractivity contribution is 7.07. The number of hydrogen-bond acceptors (Lipinski definition) is 4. The summed E-state index contributed by atoms with van der Waals surface area (Å²) in [5, 5.41) is 13.7. The Bertz CT molecular complexity index is 461. The van der Waals surface area contributed by atoms with Crippen LogP contribution in [0.1, 0.15) is 5.56 Å². The van der Waals surface area contributed by atoms with Crippen molar-refractivity contribution in [2.45, 2.75) is 6.54 Å². The summed E-state index contributed by atoms with van der Waals surface area (Å²) in [6, 6.07) is 5.79. The van der Waals surface area contributed by atoms with Crippen molar-refractivity contribution in [3.8, 4) is 0 Å². The van der Waals surface area contributed by atoms with Gasteiger partial charge in [-0.15, -0.1) is 0 Å². The molecule has 0 aliphatic rings. The topological polar surface area (TPSA) is 36.4 Å². The summed E-state index contributed by atoms with van der Waals surface area (Å²) in [5.41, 5.74) is 2.21. The normalized spacial score (nSPS) is 10.5. The van der Waals surface area contributed by atoms with Gasteiger partial charge in [-0.1, -0.05) is 11.6 Å². The van der Waals surface area contributed by atoms with Crippen LogP contribution in [0.5, 0.6) is 0 Å². The Kier molecular flexibility index (Phi) is 4.36. The van der Waals surface area contributed by atoms with Crippen LogP contribution in [0.4, 0.5) is 5.69 Å². The van der Waals surface area contributed by atoms with Gasteiger partial charge in [0.25, 0.3) is 0 Å². The molecule has 0 saturated carbocycles. The number of aliphatic hydroxyl groups excluding tert-OH is 1. The van der Waals surface area contributed by atoms with E-state index in [0.29, 0.717) is 11.7 Å². The molecule has 0 aliphatic heterocycles. The second kappa shape index (κ2) is 6.00. The molecule has 2 heterocycles. The van der Waals surface area contributed by atoms with Crippen molar-refractivity contribution in [2.24, 2.45) is 0 Å². The molecule has 0 aromatic carbocycles. The van der Waals surface area contributed by atoms with Crippen molar-refractivity contribution in [3.63, 3.8) is 0 Å². The molecular weight excluding hydrogens is 256 g/mol. The number of aromatic nitrogens is 1. The minimum absolute atomic E-state index is 0.115. The van der Waals surface area contributed by atoms with E-state index in [2.05, 4.69) is 21.3 Å². The fourth-order valence-electron chi connectivity index (χ4n) is 1.61. The van der Waals surface area contributed by atoms with Crippen molar-refractivity contribution in [1.82, 2.24) is 4.98 Å². The van der Waals surface area contributed by atoms with Gasteiger partial charge in [0.15, 0.2) is 0 Å². The van der Waals surface area contributed by atoms with Crippen LogP contribution >= 0.6 is 22.9 Å². The Morgan fingerprint density at radius 3 is 2.94 bits per heavy atom. The molecule has 3 nitrogen and oxygen atoms in total. The fourth-order valence-corrected chi connectivity index (χ4v) is 2.44. The van der Waals surface area contributed by atoms with Gasteiger partial charge >= 0.3 is 0 Å². The van der Waals surface area contributed by atoms with Crippen LogP contribution in [0.25, 0.3) is 0 Å². The molecule has 0 fully saturated rings. The van der Waals surface area contributed by atoms with Gasteiger partial charge in [0.05, 0.1) is 6.61 Å². The van der Waals surface area contributed by atoms with Gasteiger partial charge in [-0.2, -0.15) is 11.3 Å². The molecule has 2 aromatic rings. The summed E-state index contributed by atoms with van der Waals surface area (Å²) >= 11 is 7.54. The molecular formula is C12H13ClN2OS. The third kappa shape index (κ3) is 3.43. The Balaban J connectivity index is 2.16. The molecule has 2 aromatic heterocycles. The van der Waals surface area contributed by atoms with Crippen molar-refractivity contribution in [1.29, 1.82) is 0 Å². The van der Waals surface area contributed by atoms with Gasteiger partial charge in [0.1, 0.15) is 5.15 Å². The smallest absolute Gasteiger partial charge is 0.131 e. The number of pyridine rings is 1. The molecule has 5 heteroatoms. The van der Waals surface area contributed by atoms with Crippen molar-refractivity contribution >= 4 is 28.6 Å². The zero-order valence-electron chi connectivity index (χ0n) is 9.21. The summed E-state index contributed by atoms with van der Waals surface area (Å²) in [5.74, 6) is 0. The van der Waals surface area contributed by atoms with Gasteiger partial charge in [0.2, 0.25) is 0 Å². The largest absolute Gasteiger partial charge is 0.395 e. The number of halogens is 1. The maximum absolute atomic E-state index is 9.11. The zero-order valence-corrected chi connectivity index (χ0v) is 10.8. The standard InChI is InChI=1S/C12H13ClN2OS/c13-12-7-11(1-3-14-12)15(4-5-16)8-10-2-6-17-9-10/h1-3,6-7,9,16H,4-5,8H2. The highest BCUT2D eigenvalue weighted by Crippen LogP contribution is 2.20. The molecule has 0 amide bonds. The lowest BCUT2D eigenvalue weighted by Crippen LogP contribution is -2.25. The summed E-state index contributed by atoms with van der Waals surface area (Å²) in [6.07, 6.45) is 1.68. The molecule has 0 aliphatic carbocycles. The highest BCUT2D eigenvalue weighted by atomic mass is 35.5. The number of thiophene rings is 1. The average molecular weight is 269 g/mol. The second-order valence-electron chi connectivity index (χ2n) is 3.61. The third-order valence-electron chi connectivity index (χ3n) is 2.40. The maximum Gasteiger partial charge on any atom is 0.131 e. The van der Waals surface area contributed by atoms with Crippen LogP contribution in [0.2, 0.25) is 5.15 Å². The van der Waals surface area contributed by atoms with Crippen molar-refractivity contribution < 1.29 is 5.11 Å². The first-order valence-electron chi connectivity index (χ1n) is 5.28. The van der Waals surface area contributed by atoms with Gasteiger partial charge in [-0.3, -0.25) is 0 Å². The van der Waals surface area contributed by atoms with Gasteiger partial charge in [-0.25, -0.2) is 4.98 Å². The summed E-state index contributed by atoms with van der Waals surface area (Å²) in [4.78, 5) is 6.04. The van der Waals surface area contributed by atoms with Crippen LogP contribution in [0, 0.1) is 0 Å².